The summed E-state index contributed by atoms with van der Waals surface area (Å²) >= 11 is 0. The fourth-order valence-corrected chi connectivity index (χ4v) is 1.80. The van der Waals surface area contributed by atoms with Gasteiger partial charge in [-0.15, -0.1) is 0 Å². The highest BCUT2D eigenvalue weighted by Gasteiger charge is 2.04. The second-order valence-electron chi connectivity index (χ2n) is 4.12. The largest absolute Gasteiger partial charge is 0.381 e. The average molecular weight is 256 g/mol. The zero-order chi connectivity index (χ0) is 13.7. The maximum atomic E-state index is 11.0. The first kappa shape index (κ1) is 13.0. The van der Waals surface area contributed by atoms with Gasteiger partial charge in [0.1, 0.15) is 5.69 Å². The average Bonchev–Trinajstić information content (AvgIpc) is 2.45. The van der Waals surface area contributed by atoms with Gasteiger partial charge in [0.25, 0.3) is 5.91 Å². The molecule has 0 aliphatic rings. The fraction of sp³-hybridized carbons (Fsp3) is 0.143. The Morgan fingerprint density at radius 1 is 1.21 bits per heavy atom. The van der Waals surface area contributed by atoms with E-state index in [0.29, 0.717) is 13.1 Å². The van der Waals surface area contributed by atoms with Crippen molar-refractivity contribution >= 4 is 11.6 Å². The molecule has 98 valence electrons. The number of amides is 1. The Morgan fingerprint density at radius 2 is 1.95 bits per heavy atom. The number of carbonyl (C=O) groups is 1. The minimum absolute atomic E-state index is 0.247. The number of rotatable bonds is 5. The Morgan fingerprint density at radius 3 is 2.63 bits per heavy atom. The van der Waals surface area contributed by atoms with Crippen LogP contribution in [0.25, 0.3) is 0 Å². The molecule has 0 atom stereocenters. The van der Waals surface area contributed by atoms with E-state index < -0.39 is 5.91 Å². The van der Waals surface area contributed by atoms with Crippen molar-refractivity contribution in [1.29, 1.82) is 0 Å². The summed E-state index contributed by atoms with van der Waals surface area (Å²) in [6.45, 7) is 1.14. The molecule has 0 unspecified atom stereocenters. The molecule has 1 aromatic heterocycles. The summed E-state index contributed by atoms with van der Waals surface area (Å²) in [6, 6.07) is 11.4. The van der Waals surface area contributed by atoms with E-state index in [9.17, 15) is 4.79 Å². The normalized spacial score (nSPS) is 10.2. The molecule has 0 bridgehead atoms. The minimum atomic E-state index is -0.536. The molecule has 0 radical (unpaired) electrons. The predicted octanol–water partition coefficient (Wildman–Crippen LogP) is 1.25. The maximum Gasteiger partial charge on any atom is 0.267 e. The van der Waals surface area contributed by atoms with E-state index in [1.807, 2.05) is 24.3 Å². The molecule has 1 heterocycles. The van der Waals surface area contributed by atoms with E-state index in [2.05, 4.69) is 10.3 Å². The first-order chi connectivity index (χ1) is 9.20. The van der Waals surface area contributed by atoms with Crippen molar-refractivity contribution in [2.75, 3.05) is 5.32 Å². The number of primary amides is 1. The number of nitrogens with zero attached hydrogens (tertiary/aromatic N) is 1. The van der Waals surface area contributed by atoms with Crippen LogP contribution >= 0.6 is 0 Å². The number of benzene rings is 1. The van der Waals surface area contributed by atoms with Crippen LogP contribution in [0.1, 0.15) is 21.6 Å². The molecule has 1 amide bonds. The molecule has 0 spiro atoms. The van der Waals surface area contributed by atoms with Crippen LogP contribution in [0.2, 0.25) is 0 Å². The van der Waals surface area contributed by atoms with Crippen molar-refractivity contribution in [2.45, 2.75) is 13.1 Å². The summed E-state index contributed by atoms with van der Waals surface area (Å²) in [6.07, 6.45) is 1.55. The smallest absolute Gasteiger partial charge is 0.267 e. The van der Waals surface area contributed by atoms with Gasteiger partial charge < -0.3 is 16.8 Å². The van der Waals surface area contributed by atoms with E-state index in [1.54, 1.807) is 18.3 Å². The molecule has 0 fully saturated rings. The van der Waals surface area contributed by atoms with Crippen LogP contribution in [0.5, 0.6) is 0 Å². The standard InChI is InChI=1S/C14H16N4O/c15-8-10-3-1-2-4-11(10)9-18-12-5-6-17-13(7-12)14(16)19/h1-7H,8-9,15H2,(H2,16,19)(H,17,18). The Kier molecular flexibility index (Phi) is 4.10. The molecule has 5 N–H and O–H groups in total. The third-order valence-electron chi connectivity index (χ3n) is 2.83. The summed E-state index contributed by atoms with van der Waals surface area (Å²) in [5, 5.41) is 3.23. The second kappa shape index (κ2) is 5.97. The Labute approximate surface area is 111 Å². The molecule has 0 aliphatic heterocycles. The van der Waals surface area contributed by atoms with Gasteiger partial charge in [-0.05, 0) is 23.3 Å². The number of aromatic nitrogens is 1. The van der Waals surface area contributed by atoms with Crippen molar-refractivity contribution in [3.63, 3.8) is 0 Å². The maximum absolute atomic E-state index is 11.0. The van der Waals surface area contributed by atoms with Gasteiger partial charge in [-0.2, -0.15) is 0 Å². The highest BCUT2D eigenvalue weighted by molar-refractivity contribution is 5.91. The highest BCUT2D eigenvalue weighted by Crippen LogP contribution is 2.12. The zero-order valence-electron chi connectivity index (χ0n) is 10.5. The van der Waals surface area contributed by atoms with Crippen LogP contribution in [-0.2, 0) is 13.1 Å². The molecule has 19 heavy (non-hydrogen) atoms. The molecule has 5 heteroatoms. The number of hydrogen-bond acceptors (Lipinski definition) is 4. The lowest BCUT2D eigenvalue weighted by molar-refractivity contribution is 0.0995. The Balaban J connectivity index is 2.10. The molecule has 2 aromatic rings. The van der Waals surface area contributed by atoms with Crippen LogP contribution in [-0.4, -0.2) is 10.9 Å². The van der Waals surface area contributed by atoms with E-state index in [1.165, 1.54) is 0 Å². The zero-order valence-corrected chi connectivity index (χ0v) is 10.5. The van der Waals surface area contributed by atoms with Crippen molar-refractivity contribution in [3.8, 4) is 0 Å². The fourth-order valence-electron chi connectivity index (χ4n) is 1.80. The molecule has 0 saturated carbocycles. The molecule has 1 aromatic carbocycles. The predicted molar refractivity (Wildman–Crippen MR) is 74.4 cm³/mol. The molecular formula is C14H16N4O. The summed E-state index contributed by atoms with van der Waals surface area (Å²) in [7, 11) is 0. The van der Waals surface area contributed by atoms with E-state index >= 15 is 0 Å². The first-order valence-corrected chi connectivity index (χ1v) is 5.97. The lowest BCUT2D eigenvalue weighted by Crippen LogP contribution is -2.13. The lowest BCUT2D eigenvalue weighted by atomic mass is 10.1. The third kappa shape index (κ3) is 3.29. The van der Waals surface area contributed by atoms with Gasteiger partial charge in [0.05, 0.1) is 0 Å². The van der Waals surface area contributed by atoms with Gasteiger partial charge in [-0.1, -0.05) is 24.3 Å². The quantitative estimate of drug-likeness (QED) is 0.750. The molecular weight excluding hydrogens is 240 g/mol. The van der Waals surface area contributed by atoms with Crippen LogP contribution in [0, 0.1) is 0 Å². The molecule has 5 nitrogen and oxygen atoms in total. The summed E-state index contributed by atoms with van der Waals surface area (Å²) in [4.78, 5) is 14.9. The third-order valence-corrected chi connectivity index (χ3v) is 2.83. The van der Waals surface area contributed by atoms with Gasteiger partial charge >= 0.3 is 0 Å². The highest BCUT2D eigenvalue weighted by atomic mass is 16.1. The number of carbonyl (C=O) groups excluding carboxylic acids is 1. The molecule has 0 aliphatic carbocycles. The van der Waals surface area contributed by atoms with E-state index in [-0.39, 0.29) is 5.69 Å². The van der Waals surface area contributed by atoms with Crippen molar-refractivity contribution in [1.82, 2.24) is 4.98 Å². The van der Waals surface area contributed by atoms with Gasteiger partial charge in [0.15, 0.2) is 0 Å². The number of hydrogen-bond donors (Lipinski definition) is 3. The van der Waals surface area contributed by atoms with Gasteiger partial charge in [0, 0.05) is 25.0 Å². The SMILES string of the molecule is NCc1ccccc1CNc1ccnc(C(N)=O)c1. The number of pyridine rings is 1. The summed E-state index contributed by atoms with van der Waals surface area (Å²) in [5.74, 6) is -0.536. The number of nitrogens with two attached hydrogens (primary N) is 2. The van der Waals surface area contributed by atoms with Crippen LogP contribution < -0.4 is 16.8 Å². The second-order valence-corrected chi connectivity index (χ2v) is 4.12. The van der Waals surface area contributed by atoms with Crippen molar-refractivity contribution < 1.29 is 4.79 Å². The molecule has 2 rings (SSSR count). The van der Waals surface area contributed by atoms with E-state index in [4.69, 9.17) is 11.5 Å². The van der Waals surface area contributed by atoms with Crippen molar-refractivity contribution in [3.05, 3.63) is 59.4 Å². The summed E-state index contributed by atoms with van der Waals surface area (Å²) in [5.41, 5.74) is 14.1. The number of nitrogens with one attached hydrogen (secondary N) is 1. The first-order valence-electron chi connectivity index (χ1n) is 5.97. The lowest BCUT2D eigenvalue weighted by Gasteiger charge is -2.10. The monoisotopic (exact) mass is 256 g/mol. The van der Waals surface area contributed by atoms with Crippen LogP contribution in [0.15, 0.2) is 42.6 Å². The van der Waals surface area contributed by atoms with Crippen LogP contribution in [0.4, 0.5) is 5.69 Å². The van der Waals surface area contributed by atoms with Crippen LogP contribution in [0.3, 0.4) is 0 Å². The number of anilines is 1. The Bertz CT molecular complexity index is 583. The van der Waals surface area contributed by atoms with Gasteiger partial charge in [-0.3, -0.25) is 9.78 Å². The Hall–Kier alpha value is -2.40. The van der Waals surface area contributed by atoms with E-state index in [0.717, 1.165) is 16.8 Å². The van der Waals surface area contributed by atoms with Gasteiger partial charge in [-0.25, -0.2) is 0 Å². The van der Waals surface area contributed by atoms with Crippen molar-refractivity contribution in [2.24, 2.45) is 11.5 Å². The van der Waals surface area contributed by atoms with Gasteiger partial charge in [0.2, 0.25) is 0 Å². The minimum Gasteiger partial charge on any atom is -0.381 e. The summed E-state index contributed by atoms with van der Waals surface area (Å²) < 4.78 is 0. The topological polar surface area (TPSA) is 94.0 Å². The molecule has 0 saturated heterocycles.